The van der Waals surface area contributed by atoms with Gasteiger partial charge in [0.25, 0.3) is 5.91 Å². The SMILES string of the molecule is Cc1nc(-c2cc(Br)cs2)sc1C(=O)N1CCC[C@@H]1c1ccncc1. The maximum atomic E-state index is 13.2. The monoisotopic (exact) mass is 433 g/mol. The highest BCUT2D eigenvalue weighted by Gasteiger charge is 2.32. The second-order valence-electron chi connectivity index (χ2n) is 6.00. The van der Waals surface area contributed by atoms with Crippen molar-refractivity contribution in [2.24, 2.45) is 0 Å². The first-order valence-corrected chi connectivity index (χ1v) is 10.5. The Bertz CT molecular complexity index is 906. The van der Waals surface area contributed by atoms with E-state index in [0.29, 0.717) is 0 Å². The Morgan fingerprint density at radius 3 is 2.88 bits per heavy atom. The van der Waals surface area contributed by atoms with Gasteiger partial charge in [-0.15, -0.1) is 22.7 Å². The van der Waals surface area contributed by atoms with E-state index < -0.39 is 0 Å². The normalized spacial score (nSPS) is 17.2. The fourth-order valence-electron chi connectivity index (χ4n) is 3.20. The number of hydrogen-bond donors (Lipinski definition) is 0. The molecular formula is C18H16BrN3OS2. The van der Waals surface area contributed by atoms with E-state index in [1.807, 2.05) is 35.4 Å². The van der Waals surface area contributed by atoms with Gasteiger partial charge < -0.3 is 4.90 Å². The second kappa shape index (κ2) is 6.97. The average Bonchev–Trinajstić information content (AvgIpc) is 3.34. The van der Waals surface area contributed by atoms with Gasteiger partial charge in [0.15, 0.2) is 0 Å². The Morgan fingerprint density at radius 1 is 1.36 bits per heavy atom. The minimum Gasteiger partial charge on any atom is -0.331 e. The number of aryl methyl sites for hydroxylation is 1. The zero-order valence-corrected chi connectivity index (χ0v) is 16.8. The molecule has 7 heteroatoms. The highest BCUT2D eigenvalue weighted by molar-refractivity contribution is 9.10. The molecule has 1 atom stereocenters. The molecule has 1 aliphatic heterocycles. The number of halogens is 1. The van der Waals surface area contributed by atoms with Crippen molar-refractivity contribution in [3.8, 4) is 9.88 Å². The van der Waals surface area contributed by atoms with Crippen molar-refractivity contribution in [2.45, 2.75) is 25.8 Å². The molecule has 1 aliphatic rings. The van der Waals surface area contributed by atoms with Crippen LogP contribution < -0.4 is 0 Å². The van der Waals surface area contributed by atoms with Crippen molar-refractivity contribution >= 4 is 44.5 Å². The minimum atomic E-state index is 0.0937. The van der Waals surface area contributed by atoms with Gasteiger partial charge in [-0.05, 0) is 59.5 Å². The van der Waals surface area contributed by atoms with Crippen LogP contribution in [-0.2, 0) is 0 Å². The molecule has 1 fully saturated rings. The molecule has 0 bridgehead atoms. The topological polar surface area (TPSA) is 46.1 Å². The van der Waals surface area contributed by atoms with Crippen molar-refractivity contribution in [2.75, 3.05) is 6.54 Å². The first-order chi connectivity index (χ1) is 12.1. The van der Waals surface area contributed by atoms with E-state index in [0.717, 1.165) is 49.9 Å². The van der Waals surface area contributed by atoms with Crippen LogP contribution in [0.4, 0.5) is 0 Å². The zero-order valence-electron chi connectivity index (χ0n) is 13.6. The van der Waals surface area contributed by atoms with E-state index >= 15 is 0 Å². The molecule has 3 aromatic rings. The van der Waals surface area contributed by atoms with Crippen LogP contribution in [0.5, 0.6) is 0 Å². The van der Waals surface area contributed by atoms with Gasteiger partial charge in [0.1, 0.15) is 9.88 Å². The predicted molar refractivity (Wildman–Crippen MR) is 105 cm³/mol. The molecule has 1 saturated heterocycles. The Hall–Kier alpha value is -1.57. The van der Waals surface area contributed by atoms with Crippen LogP contribution >= 0.6 is 38.6 Å². The molecule has 3 aromatic heterocycles. The molecule has 4 nitrogen and oxygen atoms in total. The van der Waals surface area contributed by atoms with Crippen molar-refractivity contribution in [3.05, 3.63) is 56.6 Å². The fraction of sp³-hybridized carbons (Fsp3) is 0.278. The number of nitrogens with zero attached hydrogens (tertiary/aromatic N) is 3. The van der Waals surface area contributed by atoms with E-state index in [-0.39, 0.29) is 11.9 Å². The summed E-state index contributed by atoms with van der Waals surface area (Å²) in [4.78, 5) is 25.7. The lowest BCUT2D eigenvalue weighted by atomic mass is 10.1. The van der Waals surface area contributed by atoms with E-state index in [1.165, 1.54) is 11.3 Å². The average molecular weight is 434 g/mol. The quantitative estimate of drug-likeness (QED) is 0.561. The third-order valence-corrected chi connectivity index (χ3v) is 7.38. The number of hydrogen-bond acceptors (Lipinski definition) is 5. The van der Waals surface area contributed by atoms with Crippen LogP contribution in [-0.4, -0.2) is 27.3 Å². The molecule has 0 spiro atoms. The maximum absolute atomic E-state index is 13.2. The molecule has 4 heterocycles. The van der Waals surface area contributed by atoms with Crippen LogP contribution in [0.2, 0.25) is 0 Å². The molecule has 0 saturated carbocycles. The number of likely N-dealkylation sites (tertiary alicyclic amines) is 1. The van der Waals surface area contributed by atoms with Crippen LogP contribution in [0.1, 0.15) is 39.8 Å². The zero-order chi connectivity index (χ0) is 17.4. The molecule has 0 N–H and O–H groups in total. The summed E-state index contributed by atoms with van der Waals surface area (Å²) in [7, 11) is 0. The summed E-state index contributed by atoms with van der Waals surface area (Å²) in [5.74, 6) is 0.0937. The molecule has 25 heavy (non-hydrogen) atoms. The maximum Gasteiger partial charge on any atom is 0.266 e. The van der Waals surface area contributed by atoms with Crippen molar-refractivity contribution < 1.29 is 4.79 Å². The summed E-state index contributed by atoms with van der Waals surface area (Å²) >= 11 is 6.61. The lowest BCUT2D eigenvalue weighted by Gasteiger charge is -2.24. The van der Waals surface area contributed by atoms with Crippen LogP contribution in [0, 0.1) is 6.92 Å². The molecule has 0 aliphatic carbocycles. The van der Waals surface area contributed by atoms with E-state index in [4.69, 9.17) is 0 Å². The molecule has 128 valence electrons. The first kappa shape index (κ1) is 16.9. The largest absolute Gasteiger partial charge is 0.331 e. The van der Waals surface area contributed by atoms with Crippen molar-refractivity contribution in [1.29, 1.82) is 0 Å². The number of amides is 1. The second-order valence-corrected chi connectivity index (χ2v) is 8.83. The number of thiophene rings is 1. The molecular weight excluding hydrogens is 418 g/mol. The van der Waals surface area contributed by atoms with Crippen LogP contribution in [0.3, 0.4) is 0 Å². The Labute approximate surface area is 162 Å². The Balaban J connectivity index is 1.63. The number of thiazole rings is 1. The first-order valence-electron chi connectivity index (χ1n) is 8.06. The summed E-state index contributed by atoms with van der Waals surface area (Å²) in [6, 6.07) is 6.19. The third kappa shape index (κ3) is 3.28. The van der Waals surface area contributed by atoms with Crippen LogP contribution in [0.25, 0.3) is 9.88 Å². The van der Waals surface area contributed by atoms with E-state index in [2.05, 4.69) is 25.9 Å². The molecule has 0 radical (unpaired) electrons. The molecule has 0 aromatic carbocycles. The Kier molecular flexibility index (Phi) is 4.71. The number of rotatable bonds is 3. The van der Waals surface area contributed by atoms with Gasteiger partial charge in [-0.3, -0.25) is 9.78 Å². The van der Waals surface area contributed by atoms with E-state index in [9.17, 15) is 4.79 Å². The highest BCUT2D eigenvalue weighted by Crippen LogP contribution is 2.37. The summed E-state index contributed by atoms with van der Waals surface area (Å²) in [5, 5.41) is 2.95. The summed E-state index contributed by atoms with van der Waals surface area (Å²) < 4.78 is 1.05. The summed E-state index contributed by atoms with van der Waals surface area (Å²) in [5.41, 5.74) is 1.97. The molecule has 0 unspecified atom stereocenters. The Morgan fingerprint density at radius 2 is 2.16 bits per heavy atom. The van der Waals surface area contributed by atoms with Gasteiger partial charge in [0, 0.05) is 28.8 Å². The van der Waals surface area contributed by atoms with Crippen molar-refractivity contribution in [1.82, 2.24) is 14.9 Å². The number of carbonyl (C=O) groups excluding carboxylic acids is 1. The third-order valence-electron chi connectivity index (χ3n) is 4.37. The van der Waals surface area contributed by atoms with Crippen molar-refractivity contribution in [3.63, 3.8) is 0 Å². The lowest BCUT2D eigenvalue weighted by molar-refractivity contribution is 0.0739. The fourth-order valence-corrected chi connectivity index (χ4v) is 5.71. The van der Waals surface area contributed by atoms with Gasteiger partial charge in [-0.25, -0.2) is 4.98 Å². The van der Waals surface area contributed by atoms with Gasteiger partial charge >= 0.3 is 0 Å². The molecule has 1 amide bonds. The lowest BCUT2D eigenvalue weighted by Crippen LogP contribution is -2.30. The summed E-state index contributed by atoms with van der Waals surface area (Å²) in [6.07, 6.45) is 5.61. The summed E-state index contributed by atoms with van der Waals surface area (Å²) in [6.45, 7) is 2.72. The highest BCUT2D eigenvalue weighted by atomic mass is 79.9. The van der Waals surface area contributed by atoms with Gasteiger partial charge in [0.05, 0.1) is 16.6 Å². The smallest absolute Gasteiger partial charge is 0.266 e. The standard InChI is InChI=1S/C18H16BrN3OS2/c1-11-16(25-17(21-11)15-9-13(19)10-24-15)18(23)22-8-2-3-14(22)12-4-6-20-7-5-12/h4-7,9-10,14H,2-3,8H2,1H3/t14-/m1/s1. The van der Waals surface area contributed by atoms with Gasteiger partial charge in [-0.2, -0.15) is 0 Å². The van der Waals surface area contributed by atoms with Gasteiger partial charge in [0.2, 0.25) is 0 Å². The predicted octanol–water partition coefficient (Wildman–Crippen LogP) is 5.31. The number of aromatic nitrogens is 2. The molecule has 4 rings (SSSR count). The minimum absolute atomic E-state index is 0.0937. The van der Waals surface area contributed by atoms with E-state index in [1.54, 1.807) is 23.7 Å². The number of pyridine rings is 1. The van der Waals surface area contributed by atoms with Crippen LogP contribution in [0.15, 0.2) is 40.4 Å². The van der Waals surface area contributed by atoms with Gasteiger partial charge in [-0.1, -0.05) is 0 Å². The number of carbonyl (C=O) groups is 1.